The van der Waals surface area contributed by atoms with Crippen LogP contribution in [-0.2, 0) is 17.8 Å². The summed E-state index contributed by atoms with van der Waals surface area (Å²) in [5.74, 6) is 0.715. The Morgan fingerprint density at radius 1 is 1.03 bits per heavy atom. The van der Waals surface area contributed by atoms with Crippen LogP contribution in [0.25, 0.3) is 0 Å². The molecule has 0 saturated heterocycles. The van der Waals surface area contributed by atoms with Crippen LogP contribution >= 0.6 is 11.6 Å². The van der Waals surface area contributed by atoms with Crippen molar-refractivity contribution >= 4 is 23.4 Å². The van der Waals surface area contributed by atoms with E-state index in [9.17, 15) is 9.59 Å². The predicted octanol–water partition coefficient (Wildman–Crippen LogP) is 3.92. The largest absolute Gasteiger partial charge is 0.489 e. The first kappa shape index (κ1) is 21.4. The van der Waals surface area contributed by atoms with E-state index in [0.717, 1.165) is 16.8 Å². The Labute approximate surface area is 179 Å². The van der Waals surface area contributed by atoms with Crippen molar-refractivity contribution in [2.45, 2.75) is 33.3 Å². The van der Waals surface area contributed by atoms with Crippen LogP contribution < -0.4 is 15.6 Å². The van der Waals surface area contributed by atoms with Gasteiger partial charge in [0, 0.05) is 22.6 Å². The van der Waals surface area contributed by atoms with Crippen LogP contribution in [0.15, 0.2) is 53.1 Å². The van der Waals surface area contributed by atoms with Gasteiger partial charge < -0.3 is 9.26 Å². The van der Waals surface area contributed by atoms with Gasteiger partial charge >= 0.3 is 0 Å². The molecule has 30 heavy (non-hydrogen) atoms. The highest BCUT2D eigenvalue weighted by molar-refractivity contribution is 6.30. The number of aryl methyl sites for hydroxylation is 2. The first-order valence-electron chi connectivity index (χ1n) is 9.40. The Kier molecular flexibility index (Phi) is 7.08. The average molecular weight is 428 g/mol. The van der Waals surface area contributed by atoms with E-state index in [1.165, 1.54) is 0 Å². The number of ether oxygens (including phenoxy) is 1. The van der Waals surface area contributed by atoms with Gasteiger partial charge in [0.1, 0.15) is 18.1 Å². The minimum Gasteiger partial charge on any atom is -0.489 e. The first-order chi connectivity index (χ1) is 14.4. The van der Waals surface area contributed by atoms with Crippen LogP contribution in [0.4, 0.5) is 0 Å². The molecule has 8 heteroatoms. The summed E-state index contributed by atoms with van der Waals surface area (Å²) in [4.78, 5) is 24.2. The predicted molar refractivity (Wildman–Crippen MR) is 112 cm³/mol. The van der Waals surface area contributed by atoms with Crippen molar-refractivity contribution in [3.8, 4) is 5.75 Å². The fourth-order valence-electron chi connectivity index (χ4n) is 2.81. The van der Waals surface area contributed by atoms with Gasteiger partial charge in [-0.05, 0) is 62.2 Å². The van der Waals surface area contributed by atoms with Gasteiger partial charge in [0.25, 0.3) is 5.91 Å². The van der Waals surface area contributed by atoms with E-state index in [1.54, 1.807) is 55.5 Å². The number of nitrogens with one attached hydrogen (secondary N) is 2. The SMILES string of the molecule is Cc1noc(C)c1CCC(=O)NNC(=O)c1ccc(COc2ccc(Cl)cc2)cc1. The minimum atomic E-state index is -0.397. The van der Waals surface area contributed by atoms with Gasteiger partial charge in [0.15, 0.2) is 0 Å². The second-order valence-corrected chi connectivity index (χ2v) is 7.18. The van der Waals surface area contributed by atoms with Gasteiger partial charge in [0.05, 0.1) is 5.69 Å². The van der Waals surface area contributed by atoms with Crippen LogP contribution in [0.5, 0.6) is 5.75 Å². The Morgan fingerprint density at radius 2 is 1.73 bits per heavy atom. The van der Waals surface area contributed by atoms with Crippen molar-refractivity contribution in [2.75, 3.05) is 0 Å². The summed E-state index contributed by atoms with van der Waals surface area (Å²) in [7, 11) is 0. The molecular formula is C22H22ClN3O4. The molecule has 0 aliphatic carbocycles. The maximum atomic E-state index is 12.2. The van der Waals surface area contributed by atoms with E-state index in [4.69, 9.17) is 20.9 Å². The number of hydrogen-bond acceptors (Lipinski definition) is 5. The smallest absolute Gasteiger partial charge is 0.269 e. The number of benzene rings is 2. The molecule has 3 rings (SSSR count). The van der Waals surface area contributed by atoms with Crippen LogP contribution in [-0.4, -0.2) is 17.0 Å². The maximum absolute atomic E-state index is 12.2. The third kappa shape index (κ3) is 5.84. The van der Waals surface area contributed by atoms with E-state index < -0.39 is 5.91 Å². The molecule has 7 nitrogen and oxygen atoms in total. The normalized spacial score (nSPS) is 10.5. The number of aromatic nitrogens is 1. The number of carbonyl (C=O) groups is 2. The Hall–Kier alpha value is -3.32. The van der Waals surface area contributed by atoms with E-state index in [2.05, 4.69) is 16.0 Å². The lowest BCUT2D eigenvalue weighted by atomic mass is 10.1. The van der Waals surface area contributed by atoms with E-state index >= 15 is 0 Å². The molecule has 0 unspecified atom stereocenters. The first-order valence-corrected chi connectivity index (χ1v) is 9.78. The third-order valence-corrected chi connectivity index (χ3v) is 4.79. The third-order valence-electron chi connectivity index (χ3n) is 4.53. The highest BCUT2D eigenvalue weighted by Gasteiger charge is 2.12. The van der Waals surface area contributed by atoms with Crippen molar-refractivity contribution in [2.24, 2.45) is 0 Å². The fourth-order valence-corrected chi connectivity index (χ4v) is 2.93. The molecule has 3 aromatic rings. The van der Waals surface area contributed by atoms with E-state index in [1.807, 2.05) is 6.92 Å². The lowest BCUT2D eigenvalue weighted by Gasteiger charge is -2.09. The molecule has 0 radical (unpaired) electrons. The van der Waals surface area contributed by atoms with Crippen molar-refractivity contribution in [3.05, 3.63) is 81.7 Å². The highest BCUT2D eigenvalue weighted by atomic mass is 35.5. The van der Waals surface area contributed by atoms with Crippen molar-refractivity contribution in [3.63, 3.8) is 0 Å². The summed E-state index contributed by atoms with van der Waals surface area (Å²) in [6.07, 6.45) is 0.704. The standard InChI is InChI=1S/C22H22ClN3O4/c1-14-20(15(2)30-26-14)11-12-21(27)24-25-22(28)17-5-3-16(4-6-17)13-29-19-9-7-18(23)8-10-19/h3-10H,11-13H2,1-2H3,(H,24,27)(H,25,28). The van der Waals surface area contributed by atoms with Gasteiger partial charge in [-0.2, -0.15) is 0 Å². The lowest BCUT2D eigenvalue weighted by molar-refractivity contribution is -0.121. The zero-order valence-corrected chi connectivity index (χ0v) is 17.5. The average Bonchev–Trinajstić information content (AvgIpc) is 3.07. The fraction of sp³-hybridized carbons (Fsp3) is 0.227. The summed E-state index contributed by atoms with van der Waals surface area (Å²) in [6, 6.07) is 14.0. The van der Waals surface area contributed by atoms with E-state index in [0.29, 0.717) is 35.1 Å². The zero-order valence-electron chi connectivity index (χ0n) is 16.7. The minimum absolute atomic E-state index is 0.212. The van der Waals surface area contributed by atoms with Gasteiger partial charge in [-0.1, -0.05) is 28.9 Å². The number of carbonyl (C=O) groups excluding carboxylic acids is 2. The summed E-state index contributed by atoms with van der Waals surface area (Å²) >= 11 is 5.85. The number of amides is 2. The van der Waals surface area contributed by atoms with Gasteiger partial charge in [-0.15, -0.1) is 0 Å². The van der Waals surface area contributed by atoms with Crippen LogP contribution in [0.2, 0.25) is 5.02 Å². The van der Waals surface area contributed by atoms with Crippen LogP contribution in [0, 0.1) is 13.8 Å². The Bertz CT molecular complexity index is 994. The molecule has 0 aliphatic rings. The lowest BCUT2D eigenvalue weighted by Crippen LogP contribution is -2.41. The van der Waals surface area contributed by atoms with Gasteiger partial charge in [0.2, 0.25) is 5.91 Å². The molecule has 0 saturated carbocycles. The Balaban J connectivity index is 1.43. The highest BCUT2D eigenvalue weighted by Crippen LogP contribution is 2.17. The number of halogens is 1. The number of rotatable bonds is 7. The Morgan fingerprint density at radius 3 is 2.37 bits per heavy atom. The molecule has 1 aromatic heterocycles. The quantitative estimate of drug-likeness (QED) is 0.557. The molecule has 0 aliphatic heterocycles. The van der Waals surface area contributed by atoms with E-state index in [-0.39, 0.29) is 12.3 Å². The van der Waals surface area contributed by atoms with Crippen LogP contribution in [0.1, 0.15) is 39.4 Å². The summed E-state index contributed by atoms with van der Waals surface area (Å²) in [6.45, 7) is 4.00. The molecule has 156 valence electrons. The molecule has 2 aromatic carbocycles. The summed E-state index contributed by atoms with van der Waals surface area (Å²) < 4.78 is 10.7. The van der Waals surface area contributed by atoms with Crippen molar-refractivity contribution < 1.29 is 18.8 Å². The van der Waals surface area contributed by atoms with Gasteiger partial charge in [-0.3, -0.25) is 20.4 Å². The molecule has 2 amide bonds. The summed E-state index contributed by atoms with van der Waals surface area (Å²) in [5.41, 5.74) is 7.86. The zero-order chi connectivity index (χ0) is 21.5. The molecule has 2 N–H and O–H groups in total. The molecular weight excluding hydrogens is 406 g/mol. The molecule has 0 atom stereocenters. The molecule has 0 spiro atoms. The molecule has 1 heterocycles. The van der Waals surface area contributed by atoms with Crippen molar-refractivity contribution in [1.29, 1.82) is 0 Å². The van der Waals surface area contributed by atoms with Crippen molar-refractivity contribution in [1.82, 2.24) is 16.0 Å². The number of hydrogen-bond donors (Lipinski definition) is 2. The van der Waals surface area contributed by atoms with Gasteiger partial charge in [-0.25, -0.2) is 0 Å². The second kappa shape index (κ2) is 9.93. The second-order valence-electron chi connectivity index (χ2n) is 6.74. The molecule has 0 fully saturated rings. The topological polar surface area (TPSA) is 93.5 Å². The maximum Gasteiger partial charge on any atom is 0.269 e. The summed E-state index contributed by atoms with van der Waals surface area (Å²) in [5, 5.41) is 4.50. The molecule has 0 bridgehead atoms. The number of hydrazine groups is 1. The van der Waals surface area contributed by atoms with Crippen LogP contribution in [0.3, 0.4) is 0 Å². The number of nitrogens with zero attached hydrogens (tertiary/aromatic N) is 1. The monoisotopic (exact) mass is 427 g/mol.